The van der Waals surface area contributed by atoms with Crippen LogP contribution in [-0.4, -0.2) is 36.8 Å². The number of carbonyl (C=O) groups is 3. The van der Waals surface area contributed by atoms with Crippen molar-refractivity contribution in [1.29, 1.82) is 0 Å². The minimum absolute atomic E-state index is 0.376. The Labute approximate surface area is 161 Å². The third kappa shape index (κ3) is 2.39. The van der Waals surface area contributed by atoms with Crippen LogP contribution in [0.2, 0.25) is 0 Å². The van der Waals surface area contributed by atoms with Crippen LogP contribution < -0.4 is 5.32 Å². The molecule has 0 unspecified atom stereocenters. The number of nitrogens with zero attached hydrogens (tertiary/aromatic N) is 1. The Hall–Kier alpha value is -3.06. The highest BCUT2D eigenvalue weighted by atomic mass is 19.1. The maximum Gasteiger partial charge on any atom is 0.331 e. The van der Waals surface area contributed by atoms with Crippen LogP contribution in [0.3, 0.4) is 0 Å². The van der Waals surface area contributed by atoms with E-state index in [4.69, 9.17) is 4.74 Å². The summed E-state index contributed by atoms with van der Waals surface area (Å²) in [5, 5.41) is 3.23. The number of imide groups is 1. The van der Waals surface area contributed by atoms with Crippen molar-refractivity contribution >= 4 is 17.8 Å². The van der Waals surface area contributed by atoms with Crippen molar-refractivity contribution < 1.29 is 23.5 Å². The molecule has 0 bridgehead atoms. The normalized spacial score (nSPS) is 29.1. The molecule has 2 fully saturated rings. The smallest absolute Gasteiger partial charge is 0.331 e. The van der Waals surface area contributed by atoms with Gasteiger partial charge in [-0.2, -0.15) is 0 Å². The van der Waals surface area contributed by atoms with Gasteiger partial charge in [-0.05, 0) is 23.3 Å². The van der Waals surface area contributed by atoms with Crippen LogP contribution in [0.1, 0.15) is 17.2 Å². The van der Waals surface area contributed by atoms with Gasteiger partial charge in [-0.1, -0.05) is 42.5 Å². The van der Waals surface area contributed by atoms with E-state index in [1.165, 1.54) is 26.3 Å². The van der Waals surface area contributed by atoms with Crippen LogP contribution in [0.15, 0.2) is 54.6 Å². The molecule has 2 heterocycles. The second-order valence-electron chi connectivity index (χ2n) is 7.08. The largest absolute Gasteiger partial charge is 0.467 e. The summed E-state index contributed by atoms with van der Waals surface area (Å²) in [5.41, 5.74) is -0.357. The monoisotopic (exact) mass is 382 g/mol. The highest BCUT2D eigenvalue weighted by Crippen LogP contribution is 2.53. The molecule has 7 heteroatoms. The number of benzene rings is 2. The minimum Gasteiger partial charge on any atom is -0.467 e. The van der Waals surface area contributed by atoms with Crippen molar-refractivity contribution in [3.05, 3.63) is 71.5 Å². The first-order valence-electron chi connectivity index (χ1n) is 8.90. The van der Waals surface area contributed by atoms with E-state index in [1.807, 2.05) is 0 Å². The van der Waals surface area contributed by atoms with Crippen molar-refractivity contribution in [3.63, 3.8) is 0 Å². The predicted molar refractivity (Wildman–Crippen MR) is 97.2 cm³/mol. The van der Waals surface area contributed by atoms with Crippen LogP contribution in [0.25, 0.3) is 0 Å². The van der Waals surface area contributed by atoms with Gasteiger partial charge in [0.15, 0.2) is 5.54 Å². The van der Waals surface area contributed by atoms with Crippen molar-refractivity contribution in [2.45, 2.75) is 11.6 Å². The van der Waals surface area contributed by atoms with E-state index in [2.05, 4.69) is 5.32 Å². The molecular weight excluding hydrogens is 363 g/mol. The number of methoxy groups -OCH3 is 1. The van der Waals surface area contributed by atoms with E-state index >= 15 is 0 Å². The van der Waals surface area contributed by atoms with Crippen LogP contribution >= 0.6 is 0 Å². The van der Waals surface area contributed by atoms with Crippen LogP contribution in [-0.2, 0) is 24.7 Å². The molecule has 0 radical (unpaired) electrons. The fourth-order valence-electron chi connectivity index (χ4n) is 4.44. The van der Waals surface area contributed by atoms with Crippen molar-refractivity contribution in [3.8, 4) is 0 Å². The molecule has 28 heavy (non-hydrogen) atoms. The SMILES string of the molecule is COC(=O)[C@]1(c2ccccc2)N[C@H](c2ccc(F)cc2)[C@H]2C(=O)N(C)C(=O)[C@H]21. The molecule has 0 aliphatic carbocycles. The standard InChI is InChI=1S/C21H19FN2O4/c1-24-18(25)15-16(19(24)26)21(20(27)28-2,13-6-4-3-5-7-13)23-17(15)12-8-10-14(22)11-9-12/h3-11,15-17,23H,1-2H3/t15-,16-,17+,21+/m0/s1. The van der Waals surface area contributed by atoms with Crippen LogP contribution in [0.4, 0.5) is 4.39 Å². The lowest BCUT2D eigenvalue weighted by Gasteiger charge is -2.32. The lowest BCUT2D eigenvalue weighted by molar-refractivity contribution is -0.154. The predicted octanol–water partition coefficient (Wildman–Crippen LogP) is 1.77. The van der Waals surface area contributed by atoms with E-state index < -0.39 is 41.1 Å². The number of hydrogen-bond donors (Lipinski definition) is 1. The number of likely N-dealkylation sites (tertiary alicyclic amines) is 1. The Morgan fingerprint density at radius 2 is 1.71 bits per heavy atom. The molecule has 2 aromatic carbocycles. The summed E-state index contributed by atoms with van der Waals surface area (Å²) in [4.78, 5) is 40.1. The average Bonchev–Trinajstić information content (AvgIpc) is 3.19. The zero-order valence-electron chi connectivity index (χ0n) is 15.4. The number of carbonyl (C=O) groups excluding carboxylic acids is 3. The minimum atomic E-state index is -1.52. The lowest BCUT2D eigenvalue weighted by atomic mass is 9.75. The number of fused-ring (bicyclic) bond motifs is 1. The third-order valence-corrected chi connectivity index (χ3v) is 5.75. The molecule has 0 spiro atoms. The van der Waals surface area contributed by atoms with Crippen LogP contribution in [0, 0.1) is 17.7 Å². The Kier molecular flexibility index (Phi) is 4.27. The molecular formula is C21H19FN2O4. The number of hydrogen-bond acceptors (Lipinski definition) is 5. The average molecular weight is 382 g/mol. The van der Waals surface area contributed by atoms with E-state index in [0.29, 0.717) is 11.1 Å². The van der Waals surface area contributed by atoms with Gasteiger partial charge in [0, 0.05) is 13.1 Å². The van der Waals surface area contributed by atoms with E-state index in [-0.39, 0.29) is 5.91 Å². The molecule has 2 saturated heterocycles. The number of nitrogens with one attached hydrogen (secondary N) is 1. The molecule has 2 aliphatic heterocycles. The summed E-state index contributed by atoms with van der Waals surface area (Å²) in [7, 11) is 2.66. The summed E-state index contributed by atoms with van der Waals surface area (Å²) < 4.78 is 18.5. The molecule has 2 aliphatic rings. The fourth-order valence-corrected chi connectivity index (χ4v) is 4.44. The summed E-state index contributed by atoms with van der Waals surface area (Å²) >= 11 is 0. The van der Waals surface area contributed by atoms with Gasteiger partial charge in [0.25, 0.3) is 0 Å². The van der Waals surface area contributed by atoms with E-state index in [0.717, 1.165) is 4.90 Å². The molecule has 144 valence electrons. The van der Waals surface area contributed by atoms with Crippen molar-refractivity contribution in [2.75, 3.05) is 14.2 Å². The van der Waals surface area contributed by atoms with Gasteiger partial charge in [-0.25, -0.2) is 9.18 Å². The van der Waals surface area contributed by atoms with Gasteiger partial charge >= 0.3 is 5.97 Å². The molecule has 4 atom stereocenters. The second-order valence-corrected chi connectivity index (χ2v) is 7.08. The maximum absolute atomic E-state index is 13.4. The second kappa shape index (κ2) is 6.53. The summed E-state index contributed by atoms with van der Waals surface area (Å²) in [5.74, 6) is -3.64. The number of rotatable bonds is 3. The molecule has 2 aromatic rings. The van der Waals surface area contributed by atoms with Gasteiger partial charge in [-0.3, -0.25) is 19.8 Å². The number of esters is 1. The quantitative estimate of drug-likeness (QED) is 0.647. The summed E-state index contributed by atoms with van der Waals surface area (Å²) in [6.07, 6.45) is 0. The highest BCUT2D eigenvalue weighted by molar-refractivity contribution is 6.09. The molecule has 2 amide bonds. The third-order valence-electron chi connectivity index (χ3n) is 5.75. The molecule has 1 N–H and O–H groups in total. The Bertz CT molecular complexity index is 947. The summed E-state index contributed by atoms with van der Waals surface area (Å²) in [6, 6.07) is 13.8. The molecule has 6 nitrogen and oxygen atoms in total. The molecule has 4 rings (SSSR count). The zero-order chi connectivity index (χ0) is 20.1. The van der Waals surface area contributed by atoms with Gasteiger partial charge in [0.1, 0.15) is 5.82 Å². The lowest BCUT2D eigenvalue weighted by Crippen LogP contribution is -2.53. The van der Waals surface area contributed by atoms with Gasteiger partial charge in [-0.15, -0.1) is 0 Å². The van der Waals surface area contributed by atoms with Crippen molar-refractivity contribution in [2.24, 2.45) is 11.8 Å². The van der Waals surface area contributed by atoms with E-state index in [9.17, 15) is 18.8 Å². The van der Waals surface area contributed by atoms with Gasteiger partial charge < -0.3 is 4.74 Å². The number of ether oxygens (including phenoxy) is 1. The first-order chi connectivity index (χ1) is 13.4. The fraction of sp³-hybridized carbons (Fsp3) is 0.286. The van der Waals surface area contributed by atoms with Gasteiger partial charge in [0.2, 0.25) is 11.8 Å². The van der Waals surface area contributed by atoms with E-state index in [1.54, 1.807) is 42.5 Å². The Morgan fingerprint density at radius 3 is 2.32 bits per heavy atom. The Morgan fingerprint density at radius 1 is 1.07 bits per heavy atom. The zero-order valence-corrected chi connectivity index (χ0v) is 15.4. The highest BCUT2D eigenvalue weighted by Gasteiger charge is 2.68. The van der Waals surface area contributed by atoms with Gasteiger partial charge in [0.05, 0.1) is 18.9 Å². The number of halogens is 1. The topological polar surface area (TPSA) is 75.7 Å². The summed E-state index contributed by atoms with van der Waals surface area (Å²) in [6.45, 7) is 0. The number of amides is 2. The van der Waals surface area contributed by atoms with Crippen LogP contribution in [0.5, 0.6) is 0 Å². The Balaban J connectivity index is 1.94. The maximum atomic E-state index is 13.4. The first kappa shape index (κ1) is 18.3. The first-order valence-corrected chi connectivity index (χ1v) is 8.90. The molecule has 0 aromatic heterocycles. The molecule has 0 saturated carbocycles. The van der Waals surface area contributed by atoms with Crippen molar-refractivity contribution in [1.82, 2.24) is 10.2 Å².